The van der Waals surface area contributed by atoms with Crippen LogP contribution in [-0.2, 0) is 0 Å². The lowest BCUT2D eigenvalue weighted by atomic mass is 10.0. The Morgan fingerprint density at radius 3 is 2.79 bits per heavy atom. The molecule has 0 fully saturated rings. The fourth-order valence-electron chi connectivity index (χ4n) is 1.38. The van der Waals surface area contributed by atoms with Crippen molar-refractivity contribution in [3.05, 3.63) is 34.1 Å². The first-order chi connectivity index (χ1) is 6.65. The molecule has 0 radical (unpaired) electrons. The highest BCUT2D eigenvalue weighted by molar-refractivity contribution is 9.10. The molecule has 1 nitrogen and oxygen atoms in total. The second kappa shape index (κ2) is 5.47. The van der Waals surface area contributed by atoms with Gasteiger partial charge in [0.2, 0.25) is 0 Å². The highest BCUT2D eigenvalue weighted by Gasteiger charge is 2.10. The highest BCUT2D eigenvalue weighted by Crippen LogP contribution is 2.22. The maximum Gasteiger partial charge on any atom is 0.129 e. The maximum atomic E-state index is 13.4. The number of hydrogen-bond acceptors (Lipinski definition) is 1. The molecule has 0 amide bonds. The average Bonchev–Trinajstić information content (AvgIpc) is 2.14. The molecule has 0 aliphatic heterocycles. The summed E-state index contributed by atoms with van der Waals surface area (Å²) in [5, 5.41) is 0. The third kappa shape index (κ3) is 3.07. The Balaban J connectivity index is 2.74. The minimum Gasteiger partial charge on any atom is -0.324 e. The molecule has 0 heterocycles. The van der Waals surface area contributed by atoms with Gasteiger partial charge in [0, 0.05) is 16.1 Å². The third-order valence-corrected chi connectivity index (χ3v) is 2.72. The Morgan fingerprint density at radius 1 is 1.50 bits per heavy atom. The summed E-state index contributed by atoms with van der Waals surface area (Å²) in [7, 11) is 0. The summed E-state index contributed by atoms with van der Waals surface area (Å²) in [5.41, 5.74) is 6.49. The zero-order chi connectivity index (χ0) is 10.6. The van der Waals surface area contributed by atoms with Gasteiger partial charge < -0.3 is 5.73 Å². The lowest BCUT2D eigenvalue weighted by Crippen LogP contribution is -2.11. The van der Waals surface area contributed by atoms with Gasteiger partial charge in [-0.25, -0.2) is 4.39 Å². The number of rotatable bonds is 4. The summed E-state index contributed by atoms with van der Waals surface area (Å²) in [4.78, 5) is 0. The van der Waals surface area contributed by atoms with Gasteiger partial charge in [0.05, 0.1) is 0 Å². The van der Waals surface area contributed by atoms with Crippen LogP contribution in [0.2, 0.25) is 0 Å². The first kappa shape index (κ1) is 11.7. The molecule has 1 atom stereocenters. The molecule has 0 saturated carbocycles. The van der Waals surface area contributed by atoms with Crippen molar-refractivity contribution >= 4 is 15.9 Å². The summed E-state index contributed by atoms with van der Waals surface area (Å²) in [6.45, 7) is 2.10. The normalized spacial score (nSPS) is 12.9. The molecule has 0 aliphatic carbocycles. The van der Waals surface area contributed by atoms with Gasteiger partial charge in [-0.2, -0.15) is 0 Å². The van der Waals surface area contributed by atoms with E-state index in [0.717, 1.165) is 23.7 Å². The fraction of sp³-hybridized carbons (Fsp3) is 0.455. The smallest absolute Gasteiger partial charge is 0.129 e. The topological polar surface area (TPSA) is 26.0 Å². The van der Waals surface area contributed by atoms with Crippen LogP contribution in [0.5, 0.6) is 0 Å². The van der Waals surface area contributed by atoms with E-state index >= 15 is 0 Å². The van der Waals surface area contributed by atoms with Gasteiger partial charge in [0.1, 0.15) is 5.82 Å². The molecule has 0 spiro atoms. The number of halogens is 2. The van der Waals surface area contributed by atoms with Crippen molar-refractivity contribution in [3.8, 4) is 0 Å². The van der Waals surface area contributed by atoms with Gasteiger partial charge in [-0.3, -0.25) is 0 Å². The lowest BCUT2D eigenvalue weighted by Gasteiger charge is -2.12. The van der Waals surface area contributed by atoms with Crippen LogP contribution in [0.25, 0.3) is 0 Å². The highest BCUT2D eigenvalue weighted by atomic mass is 79.9. The van der Waals surface area contributed by atoms with Crippen molar-refractivity contribution in [2.75, 3.05) is 0 Å². The van der Waals surface area contributed by atoms with E-state index in [2.05, 4.69) is 22.9 Å². The number of unbranched alkanes of at least 4 members (excludes halogenated alkanes) is 1. The molecule has 0 bridgehead atoms. The van der Waals surface area contributed by atoms with Crippen LogP contribution in [0, 0.1) is 5.82 Å². The second-order valence-electron chi connectivity index (χ2n) is 3.41. The quantitative estimate of drug-likeness (QED) is 0.875. The van der Waals surface area contributed by atoms with E-state index in [-0.39, 0.29) is 11.9 Å². The van der Waals surface area contributed by atoms with Crippen LogP contribution in [0.4, 0.5) is 4.39 Å². The molecule has 2 N–H and O–H groups in total. The summed E-state index contributed by atoms with van der Waals surface area (Å²) in [5.74, 6) is -0.219. The van der Waals surface area contributed by atoms with Gasteiger partial charge in [0.15, 0.2) is 0 Å². The summed E-state index contributed by atoms with van der Waals surface area (Å²) in [6, 6.07) is 4.86. The molecule has 14 heavy (non-hydrogen) atoms. The van der Waals surface area contributed by atoms with Crippen molar-refractivity contribution < 1.29 is 4.39 Å². The number of hydrogen-bond donors (Lipinski definition) is 1. The fourth-order valence-corrected chi connectivity index (χ4v) is 1.71. The van der Waals surface area contributed by atoms with E-state index in [1.165, 1.54) is 6.07 Å². The Hall–Kier alpha value is -0.410. The molecule has 1 aromatic carbocycles. The van der Waals surface area contributed by atoms with Gasteiger partial charge in [-0.15, -0.1) is 0 Å². The molecular formula is C11H15BrFN. The van der Waals surface area contributed by atoms with E-state index in [0.29, 0.717) is 5.56 Å². The van der Waals surface area contributed by atoms with Crippen molar-refractivity contribution in [1.29, 1.82) is 0 Å². The second-order valence-corrected chi connectivity index (χ2v) is 4.33. The molecule has 78 valence electrons. The van der Waals surface area contributed by atoms with Gasteiger partial charge in [-0.05, 0) is 18.6 Å². The molecular weight excluding hydrogens is 245 g/mol. The molecule has 1 rings (SSSR count). The zero-order valence-corrected chi connectivity index (χ0v) is 9.85. The SMILES string of the molecule is CCCC[C@H](N)c1ccc(Br)cc1F. The van der Waals surface area contributed by atoms with Gasteiger partial charge >= 0.3 is 0 Å². The summed E-state index contributed by atoms with van der Waals surface area (Å²) in [6.07, 6.45) is 2.97. The third-order valence-electron chi connectivity index (χ3n) is 2.23. The molecule has 0 aromatic heterocycles. The first-order valence-corrected chi connectivity index (χ1v) is 5.65. The summed E-state index contributed by atoms with van der Waals surface area (Å²) >= 11 is 3.22. The minimum absolute atomic E-state index is 0.178. The van der Waals surface area contributed by atoms with E-state index < -0.39 is 0 Å². The average molecular weight is 260 g/mol. The van der Waals surface area contributed by atoms with Crippen LogP contribution >= 0.6 is 15.9 Å². The van der Waals surface area contributed by atoms with Gasteiger partial charge in [-0.1, -0.05) is 41.8 Å². The van der Waals surface area contributed by atoms with E-state index in [1.807, 2.05) is 6.07 Å². The molecule has 0 unspecified atom stereocenters. The first-order valence-electron chi connectivity index (χ1n) is 4.85. The zero-order valence-electron chi connectivity index (χ0n) is 8.26. The van der Waals surface area contributed by atoms with Crippen LogP contribution in [-0.4, -0.2) is 0 Å². The Morgan fingerprint density at radius 2 is 2.21 bits per heavy atom. The lowest BCUT2D eigenvalue weighted by molar-refractivity contribution is 0.547. The van der Waals surface area contributed by atoms with Crippen LogP contribution < -0.4 is 5.73 Å². The largest absolute Gasteiger partial charge is 0.324 e. The monoisotopic (exact) mass is 259 g/mol. The standard InChI is InChI=1S/C11H15BrFN/c1-2-3-4-11(14)9-6-5-8(12)7-10(9)13/h5-7,11H,2-4,14H2,1H3/t11-/m0/s1. The number of nitrogens with two attached hydrogens (primary N) is 1. The Labute approximate surface area is 92.6 Å². The molecule has 3 heteroatoms. The molecule has 0 saturated heterocycles. The van der Waals surface area contributed by atoms with Crippen molar-refractivity contribution in [2.45, 2.75) is 32.2 Å². The van der Waals surface area contributed by atoms with E-state index in [4.69, 9.17) is 5.73 Å². The molecule has 1 aromatic rings. The number of benzene rings is 1. The van der Waals surface area contributed by atoms with E-state index in [1.54, 1.807) is 6.07 Å². The predicted molar refractivity (Wildman–Crippen MR) is 60.6 cm³/mol. The van der Waals surface area contributed by atoms with E-state index in [9.17, 15) is 4.39 Å². The maximum absolute atomic E-state index is 13.4. The predicted octanol–water partition coefficient (Wildman–Crippen LogP) is 3.78. The van der Waals surface area contributed by atoms with Gasteiger partial charge in [0.25, 0.3) is 0 Å². The van der Waals surface area contributed by atoms with Crippen LogP contribution in [0.15, 0.2) is 22.7 Å². The van der Waals surface area contributed by atoms with Crippen molar-refractivity contribution in [3.63, 3.8) is 0 Å². The minimum atomic E-state index is -0.219. The Bertz CT molecular complexity index is 301. The molecule has 0 aliphatic rings. The Kier molecular flexibility index (Phi) is 4.55. The van der Waals surface area contributed by atoms with Crippen molar-refractivity contribution in [2.24, 2.45) is 5.73 Å². The van der Waals surface area contributed by atoms with Crippen molar-refractivity contribution in [1.82, 2.24) is 0 Å². The summed E-state index contributed by atoms with van der Waals surface area (Å²) < 4.78 is 14.2. The van der Waals surface area contributed by atoms with Crippen LogP contribution in [0.1, 0.15) is 37.8 Å². The van der Waals surface area contributed by atoms with Crippen LogP contribution in [0.3, 0.4) is 0 Å².